The molecular weight excluding hydrogens is 263 g/mol. The molecule has 1 N–H and O–H groups in total. The second-order valence-electron chi connectivity index (χ2n) is 5.70. The van der Waals surface area contributed by atoms with Gasteiger partial charge in [0.25, 0.3) is 5.69 Å². The van der Waals surface area contributed by atoms with Gasteiger partial charge in [-0.15, -0.1) is 0 Å². The number of likely N-dealkylation sites (tertiary alicyclic amines) is 1. The molecule has 1 saturated heterocycles. The van der Waals surface area contributed by atoms with Gasteiger partial charge in [-0.1, -0.05) is 0 Å². The largest absolute Gasteiger partial charge is 0.390 e. The number of nitro benzene ring substituents is 1. The molecule has 1 heterocycles. The predicted molar refractivity (Wildman–Crippen MR) is 72.8 cm³/mol. The second kappa shape index (κ2) is 5.85. The van der Waals surface area contributed by atoms with Gasteiger partial charge in [-0.3, -0.25) is 15.0 Å². The van der Waals surface area contributed by atoms with Crippen molar-refractivity contribution in [3.05, 3.63) is 39.7 Å². The number of benzene rings is 1. The van der Waals surface area contributed by atoms with Crippen molar-refractivity contribution < 1.29 is 14.4 Å². The minimum Gasteiger partial charge on any atom is -0.390 e. The van der Waals surface area contributed by atoms with Crippen molar-refractivity contribution in [2.45, 2.75) is 38.3 Å². The average Bonchev–Trinajstić information content (AvgIpc) is 2.50. The van der Waals surface area contributed by atoms with Gasteiger partial charge in [0.05, 0.1) is 16.6 Å². The fraction of sp³-hybridized carbons (Fsp3) is 0.571. The van der Waals surface area contributed by atoms with Crippen LogP contribution in [0.4, 0.5) is 10.1 Å². The third-order valence-corrected chi connectivity index (χ3v) is 3.72. The number of non-ortho nitro benzene ring substituents is 1. The highest BCUT2D eigenvalue weighted by Crippen LogP contribution is 2.23. The molecule has 1 aliphatic rings. The Bertz CT molecular complexity index is 505. The highest BCUT2D eigenvalue weighted by atomic mass is 19.1. The summed E-state index contributed by atoms with van der Waals surface area (Å²) in [6.07, 6.45) is 2.27. The van der Waals surface area contributed by atoms with E-state index < -0.39 is 16.3 Å². The van der Waals surface area contributed by atoms with E-state index in [1.54, 1.807) is 0 Å². The Labute approximate surface area is 117 Å². The molecule has 0 spiro atoms. The quantitative estimate of drug-likeness (QED) is 0.683. The highest BCUT2D eigenvalue weighted by Gasteiger charge is 2.25. The zero-order chi connectivity index (χ0) is 14.8. The van der Waals surface area contributed by atoms with Crippen LogP contribution in [0.15, 0.2) is 18.2 Å². The first kappa shape index (κ1) is 14.9. The first-order valence-electron chi connectivity index (χ1n) is 6.74. The lowest BCUT2D eigenvalue weighted by atomic mass is 9.98. The first-order valence-corrected chi connectivity index (χ1v) is 6.74. The van der Waals surface area contributed by atoms with Crippen LogP contribution in [0.25, 0.3) is 0 Å². The lowest BCUT2D eigenvalue weighted by molar-refractivity contribution is -0.385. The van der Waals surface area contributed by atoms with E-state index in [-0.39, 0.29) is 5.69 Å². The molecule has 110 valence electrons. The number of hydrogen-bond acceptors (Lipinski definition) is 4. The number of nitro groups is 1. The van der Waals surface area contributed by atoms with Crippen molar-refractivity contribution in [1.82, 2.24) is 4.90 Å². The minimum absolute atomic E-state index is 0.221. The zero-order valence-corrected chi connectivity index (χ0v) is 11.5. The van der Waals surface area contributed by atoms with Crippen LogP contribution in [-0.2, 0) is 6.54 Å². The average molecular weight is 282 g/mol. The molecule has 5 nitrogen and oxygen atoms in total. The number of aliphatic hydroxyl groups is 1. The summed E-state index contributed by atoms with van der Waals surface area (Å²) >= 11 is 0. The van der Waals surface area contributed by atoms with Crippen LogP contribution in [0.3, 0.4) is 0 Å². The molecule has 1 fully saturated rings. The molecule has 1 aromatic rings. The summed E-state index contributed by atoms with van der Waals surface area (Å²) in [4.78, 5) is 12.2. The Kier molecular flexibility index (Phi) is 4.35. The van der Waals surface area contributed by atoms with E-state index in [0.717, 1.165) is 25.5 Å². The predicted octanol–water partition coefficient (Wildman–Crippen LogP) is 2.47. The van der Waals surface area contributed by atoms with Crippen LogP contribution < -0.4 is 0 Å². The van der Waals surface area contributed by atoms with Crippen molar-refractivity contribution >= 4 is 5.69 Å². The zero-order valence-electron chi connectivity index (χ0n) is 11.5. The third kappa shape index (κ3) is 3.98. The molecule has 6 heteroatoms. The maximum Gasteiger partial charge on any atom is 0.272 e. The Morgan fingerprint density at radius 1 is 1.40 bits per heavy atom. The molecule has 1 atom stereocenters. The van der Waals surface area contributed by atoms with Gasteiger partial charge >= 0.3 is 0 Å². The fourth-order valence-corrected chi connectivity index (χ4v) is 2.57. The van der Waals surface area contributed by atoms with Gasteiger partial charge in [0.15, 0.2) is 0 Å². The van der Waals surface area contributed by atoms with Crippen LogP contribution in [0.1, 0.15) is 31.7 Å². The van der Waals surface area contributed by atoms with E-state index in [4.69, 9.17) is 0 Å². The van der Waals surface area contributed by atoms with Gasteiger partial charge in [0.2, 0.25) is 0 Å². The van der Waals surface area contributed by atoms with Gasteiger partial charge in [-0.05, 0) is 44.4 Å². The van der Waals surface area contributed by atoms with E-state index in [0.29, 0.717) is 25.1 Å². The third-order valence-electron chi connectivity index (χ3n) is 3.72. The maximum atomic E-state index is 13.4. The van der Waals surface area contributed by atoms with Gasteiger partial charge in [-0.25, -0.2) is 4.39 Å². The van der Waals surface area contributed by atoms with Crippen molar-refractivity contribution in [2.75, 3.05) is 13.1 Å². The van der Waals surface area contributed by atoms with Gasteiger partial charge in [-0.2, -0.15) is 0 Å². The maximum absolute atomic E-state index is 13.4. The van der Waals surface area contributed by atoms with Crippen LogP contribution in [0.2, 0.25) is 0 Å². The van der Waals surface area contributed by atoms with Crippen LogP contribution in [0, 0.1) is 15.9 Å². The number of rotatable bonds is 3. The molecule has 0 aliphatic carbocycles. The first-order chi connectivity index (χ1) is 9.35. The van der Waals surface area contributed by atoms with Gasteiger partial charge in [0, 0.05) is 19.2 Å². The van der Waals surface area contributed by atoms with Gasteiger partial charge in [0.1, 0.15) is 5.82 Å². The summed E-state index contributed by atoms with van der Waals surface area (Å²) < 4.78 is 13.4. The summed E-state index contributed by atoms with van der Waals surface area (Å²) in [5.41, 5.74) is -0.275. The molecular formula is C14H19FN2O3. The van der Waals surface area contributed by atoms with Crippen LogP contribution >= 0.6 is 0 Å². The lowest BCUT2D eigenvalue weighted by Gasteiger charge is -2.22. The molecule has 0 bridgehead atoms. The number of hydrogen-bond donors (Lipinski definition) is 1. The summed E-state index contributed by atoms with van der Waals surface area (Å²) in [5.74, 6) is -0.587. The Balaban J connectivity index is 2.08. The molecule has 0 saturated carbocycles. The molecule has 0 radical (unpaired) electrons. The van der Waals surface area contributed by atoms with E-state index in [9.17, 15) is 19.6 Å². The van der Waals surface area contributed by atoms with Crippen LogP contribution in [-0.4, -0.2) is 33.6 Å². The Morgan fingerprint density at radius 2 is 2.15 bits per heavy atom. The molecule has 0 aromatic heterocycles. The van der Waals surface area contributed by atoms with E-state index >= 15 is 0 Å². The van der Waals surface area contributed by atoms with Gasteiger partial charge < -0.3 is 5.11 Å². The monoisotopic (exact) mass is 282 g/mol. The molecule has 1 aliphatic heterocycles. The highest BCUT2D eigenvalue weighted by molar-refractivity contribution is 5.35. The summed E-state index contributed by atoms with van der Waals surface area (Å²) in [7, 11) is 0. The fourth-order valence-electron chi connectivity index (χ4n) is 2.57. The molecule has 1 aromatic carbocycles. The molecule has 0 amide bonds. The van der Waals surface area contributed by atoms with E-state index in [1.807, 2.05) is 6.92 Å². The standard InChI is InChI=1S/C14H19FN2O3/c1-14(18)3-2-5-16(6-4-14)10-11-7-12(15)9-13(8-11)17(19)20/h7-9,18H,2-6,10H2,1H3. The van der Waals surface area contributed by atoms with Crippen molar-refractivity contribution in [3.63, 3.8) is 0 Å². The number of nitrogens with zero attached hydrogens (tertiary/aromatic N) is 2. The normalized spacial score (nSPS) is 24.4. The van der Waals surface area contributed by atoms with E-state index in [1.165, 1.54) is 12.1 Å². The van der Waals surface area contributed by atoms with E-state index in [2.05, 4.69) is 4.90 Å². The SMILES string of the molecule is CC1(O)CCCN(Cc2cc(F)cc([N+](=O)[O-])c2)CC1. The van der Waals surface area contributed by atoms with Crippen molar-refractivity contribution in [3.8, 4) is 0 Å². The minimum atomic E-state index is -0.650. The lowest BCUT2D eigenvalue weighted by Crippen LogP contribution is -2.28. The summed E-state index contributed by atoms with van der Waals surface area (Å²) in [6.45, 7) is 3.80. The Hall–Kier alpha value is -1.53. The smallest absolute Gasteiger partial charge is 0.272 e. The van der Waals surface area contributed by atoms with Crippen molar-refractivity contribution in [2.24, 2.45) is 0 Å². The molecule has 20 heavy (non-hydrogen) atoms. The summed E-state index contributed by atoms with van der Waals surface area (Å²) in [5, 5.41) is 20.8. The molecule has 2 rings (SSSR count). The topological polar surface area (TPSA) is 66.6 Å². The van der Waals surface area contributed by atoms with Crippen LogP contribution in [0.5, 0.6) is 0 Å². The molecule has 1 unspecified atom stereocenters. The second-order valence-corrected chi connectivity index (χ2v) is 5.70. The summed E-state index contributed by atoms with van der Waals surface area (Å²) in [6, 6.07) is 3.67. The number of halogens is 1. The Morgan fingerprint density at radius 3 is 2.85 bits per heavy atom. The van der Waals surface area contributed by atoms with Crippen molar-refractivity contribution in [1.29, 1.82) is 0 Å².